The smallest absolute Gasteiger partial charge is 0.256 e. The summed E-state index contributed by atoms with van der Waals surface area (Å²) in [6, 6.07) is 4.45. The van der Waals surface area contributed by atoms with Crippen LogP contribution in [0.25, 0.3) is 27.9 Å². The maximum atomic E-state index is 13.0. The van der Waals surface area contributed by atoms with Crippen LogP contribution >= 0.6 is 0 Å². The first-order valence-corrected chi connectivity index (χ1v) is 11.4. The van der Waals surface area contributed by atoms with E-state index in [1.165, 1.54) is 0 Å². The highest BCUT2D eigenvalue weighted by molar-refractivity contribution is 6.02. The lowest BCUT2D eigenvalue weighted by Crippen LogP contribution is -2.39. The average Bonchev–Trinajstić information content (AvgIpc) is 3.37. The number of anilines is 1. The Labute approximate surface area is 188 Å². The van der Waals surface area contributed by atoms with E-state index >= 15 is 0 Å². The summed E-state index contributed by atoms with van der Waals surface area (Å²) < 4.78 is 15.3. The molecule has 2 aliphatic heterocycles. The third kappa shape index (κ3) is 2.83. The van der Waals surface area contributed by atoms with Crippen molar-refractivity contribution in [1.29, 1.82) is 0 Å². The molecule has 3 aliphatic rings. The first-order chi connectivity index (χ1) is 16.3. The number of carbonyl (C=O) groups excluding carboxylic acids is 1. The SMILES string of the molecule is O=C(NC1CCC1)c1cnn2c3c(c(-c4cn(C5COC5)c5ncccc45)nc12)OCCN3. The lowest BCUT2D eigenvalue weighted by molar-refractivity contribution is -0.0215. The third-order valence-electron chi connectivity index (χ3n) is 6.79. The van der Waals surface area contributed by atoms with Gasteiger partial charge >= 0.3 is 0 Å². The van der Waals surface area contributed by atoms with Gasteiger partial charge in [0.05, 0.1) is 32.0 Å². The van der Waals surface area contributed by atoms with Gasteiger partial charge < -0.3 is 24.7 Å². The summed E-state index contributed by atoms with van der Waals surface area (Å²) in [5.41, 5.74) is 3.46. The van der Waals surface area contributed by atoms with E-state index < -0.39 is 0 Å². The maximum absolute atomic E-state index is 13.0. The number of nitrogens with one attached hydrogen (secondary N) is 2. The van der Waals surface area contributed by atoms with Gasteiger partial charge in [-0.15, -0.1) is 0 Å². The Bertz CT molecular complexity index is 1400. The zero-order valence-corrected chi connectivity index (χ0v) is 18.0. The van der Waals surface area contributed by atoms with Gasteiger partial charge in [-0.3, -0.25) is 4.79 Å². The summed E-state index contributed by atoms with van der Waals surface area (Å²) in [5, 5.41) is 12.0. The van der Waals surface area contributed by atoms with Crippen LogP contribution in [0.4, 0.5) is 5.82 Å². The Morgan fingerprint density at radius 1 is 1.24 bits per heavy atom. The third-order valence-corrected chi connectivity index (χ3v) is 6.79. The van der Waals surface area contributed by atoms with Gasteiger partial charge in [-0.1, -0.05) is 0 Å². The Kier molecular flexibility index (Phi) is 4.10. The number of nitrogens with zero attached hydrogens (tertiary/aromatic N) is 5. The topological polar surface area (TPSA) is 108 Å². The van der Waals surface area contributed by atoms with Crippen LogP contribution in [0, 0.1) is 0 Å². The van der Waals surface area contributed by atoms with E-state index in [1.54, 1.807) is 16.9 Å². The summed E-state index contributed by atoms with van der Waals surface area (Å²) in [4.78, 5) is 22.6. The number of hydrogen-bond acceptors (Lipinski definition) is 7. The molecular formula is C23H23N7O3. The van der Waals surface area contributed by atoms with Crippen molar-refractivity contribution in [2.75, 3.05) is 31.7 Å². The van der Waals surface area contributed by atoms with Crippen LogP contribution in [0.3, 0.4) is 0 Å². The molecule has 4 aromatic heterocycles. The molecule has 1 saturated heterocycles. The van der Waals surface area contributed by atoms with Crippen LogP contribution in [0.2, 0.25) is 0 Å². The number of aromatic nitrogens is 5. The van der Waals surface area contributed by atoms with E-state index in [0.29, 0.717) is 54.8 Å². The Morgan fingerprint density at radius 3 is 2.94 bits per heavy atom. The highest BCUT2D eigenvalue weighted by Gasteiger charge is 2.30. The van der Waals surface area contributed by atoms with Gasteiger partial charge in [0.15, 0.2) is 17.2 Å². The van der Waals surface area contributed by atoms with Crippen molar-refractivity contribution in [2.24, 2.45) is 0 Å². The summed E-state index contributed by atoms with van der Waals surface area (Å²) >= 11 is 0. The van der Waals surface area contributed by atoms with E-state index in [0.717, 1.165) is 35.9 Å². The summed E-state index contributed by atoms with van der Waals surface area (Å²) in [5.74, 6) is 1.21. The quantitative estimate of drug-likeness (QED) is 0.497. The van der Waals surface area contributed by atoms with Gasteiger partial charge in [-0.05, 0) is 31.4 Å². The van der Waals surface area contributed by atoms with Gasteiger partial charge in [0.2, 0.25) is 0 Å². The van der Waals surface area contributed by atoms with Crippen LogP contribution in [-0.4, -0.2) is 62.5 Å². The minimum absolute atomic E-state index is 0.138. The second-order valence-electron chi connectivity index (χ2n) is 8.82. The van der Waals surface area contributed by atoms with Crippen molar-refractivity contribution in [1.82, 2.24) is 29.5 Å². The minimum Gasteiger partial charge on any atom is -0.486 e. The second-order valence-corrected chi connectivity index (χ2v) is 8.82. The standard InChI is InChI=1S/C23H23N7O3/c31-23(27-13-3-1-4-13)16-9-26-30-21(16)28-18(19-22(30)25-7-8-33-19)17-10-29(14-11-32-12-14)20-15(17)5-2-6-24-20/h2,5-6,9-10,13-14,25H,1,3-4,7-8,11-12H2,(H,27,31). The van der Waals surface area contributed by atoms with Gasteiger partial charge in [0.25, 0.3) is 5.91 Å². The molecule has 1 amide bonds. The molecule has 33 heavy (non-hydrogen) atoms. The minimum atomic E-state index is -0.138. The molecule has 0 spiro atoms. The van der Waals surface area contributed by atoms with Crippen molar-refractivity contribution in [3.63, 3.8) is 0 Å². The highest BCUT2D eigenvalue weighted by atomic mass is 16.5. The molecule has 2 N–H and O–H groups in total. The number of hydrogen-bond donors (Lipinski definition) is 2. The van der Waals surface area contributed by atoms with Crippen molar-refractivity contribution >= 4 is 28.4 Å². The fourth-order valence-electron chi connectivity index (χ4n) is 4.68. The first kappa shape index (κ1) is 18.9. The van der Waals surface area contributed by atoms with E-state index in [4.69, 9.17) is 14.5 Å². The van der Waals surface area contributed by atoms with Crippen molar-refractivity contribution in [3.05, 3.63) is 36.3 Å². The van der Waals surface area contributed by atoms with Crippen LogP contribution in [0.15, 0.2) is 30.7 Å². The molecule has 10 heteroatoms. The number of pyridine rings is 1. The molecule has 0 aromatic carbocycles. The average molecular weight is 445 g/mol. The highest BCUT2D eigenvalue weighted by Crippen LogP contribution is 2.42. The van der Waals surface area contributed by atoms with E-state index in [1.807, 2.05) is 12.1 Å². The van der Waals surface area contributed by atoms with Crippen molar-refractivity contribution in [3.8, 4) is 17.0 Å². The van der Waals surface area contributed by atoms with Gasteiger partial charge in [0.1, 0.15) is 23.5 Å². The molecule has 168 valence electrons. The number of fused-ring (bicyclic) bond motifs is 4. The predicted molar refractivity (Wildman–Crippen MR) is 121 cm³/mol. The van der Waals surface area contributed by atoms with Gasteiger partial charge in [-0.2, -0.15) is 9.61 Å². The van der Waals surface area contributed by atoms with Crippen LogP contribution in [0.1, 0.15) is 35.7 Å². The van der Waals surface area contributed by atoms with E-state index in [-0.39, 0.29) is 18.0 Å². The Hall–Kier alpha value is -3.66. The maximum Gasteiger partial charge on any atom is 0.256 e. The Balaban J connectivity index is 1.43. The zero-order valence-electron chi connectivity index (χ0n) is 18.0. The molecule has 0 radical (unpaired) electrons. The molecule has 4 aromatic rings. The fourth-order valence-corrected chi connectivity index (χ4v) is 4.68. The number of amides is 1. The molecule has 10 nitrogen and oxygen atoms in total. The molecule has 0 atom stereocenters. The number of carbonyl (C=O) groups is 1. The summed E-state index contributed by atoms with van der Waals surface area (Å²) in [6.07, 6.45) is 8.66. The lowest BCUT2D eigenvalue weighted by atomic mass is 9.93. The molecule has 1 aliphatic carbocycles. The summed E-state index contributed by atoms with van der Waals surface area (Å²) in [7, 11) is 0. The van der Waals surface area contributed by atoms with E-state index in [2.05, 4.69) is 31.5 Å². The number of rotatable bonds is 4. The second kappa shape index (κ2) is 7.17. The lowest BCUT2D eigenvalue weighted by Gasteiger charge is -2.27. The normalized spacial score (nSPS) is 18.3. The van der Waals surface area contributed by atoms with Crippen LogP contribution in [-0.2, 0) is 4.74 Å². The molecule has 1 saturated carbocycles. The van der Waals surface area contributed by atoms with Gasteiger partial charge in [0, 0.05) is 29.4 Å². The molecule has 6 heterocycles. The Morgan fingerprint density at radius 2 is 2.15 bits per heavy atom. The largest absolute Gasteiger partial charge is 0.486 e. The summed E-state index contributed by atoms with van der Waals surface area (Å²) in [6.45, 7) is 2.50. The molecule has 2 fully saturated rings. The van der Waals surface area contributed by atoms with Crippen LogP contribution in [0.5, 0.6) is 5.75 Å². The molecule has 7 rings (SSSR count). The monoisotopic (exact) mass is 445 g/mol. The molecule has 0 unspecified atom stereocenters. The van der Waals surface area contributed by atoms with Gasteiger partial charge in [-0.25, -0.2) is 9.97 Å². The van der Waals surface area contributed by atoms with E-state index in [9.17, 15) is 4.79 Å². The van der Waals surface area contributed by atoms with Crippen LogP contribution < -0.4 is 15.4 Å². The van der Waals surface area contributed by atoms with Crippen molar-refractivity contribution < 1.29 is 14.3 Å². The molecular weight excluding hydrogens is 422 g/mol. The van der Waals surface area contributed by atoms with Crippen molar-refractivity contribution in [2.45, 2.75) is 31.3 Å². The zero-order chi connectivity index (χ0) is 21.9. The first-order valence-electron chi connectivity index (χ1n) is 11.4. The molecule has 0 bridgehead atoms. The fraction of sp³-hybridized carbons (Fsp3) is 0.391. The predicted octanol–water partition coefficient (Wildman–Crippen LogP) is 2.40. The number of ether oxygens (including phenoxy) is 2.